The van der Waals surface area contributed by atoms with Gasteiger partial charge in [0.25, 0.3) is 0 Å². The molecular formula is C17H18O2. The minimum absolute atomic E-state index is 0.155. The Morgan fingerprint density at radius 1 is 1.00 bits per heavy atom. The van der Waals surface area contributed by atoms with Crippen LogP contribution in [0.15, 0.2) is 60.7 Å². The first-order chi connectivity index (χ1) is 9.31. The van der Waals surface area contributed by atoms with Gasteiger partial charge in [-0.2, -0.15) is 0 Å². The van der Waals surface area contributed by atoms with Crippen LogP contribution in [0.25, 0.3) is 0 Å². The molecule has 0 aromatic heterocycles. The van der Waals surface area contributed by atoms with Crippen LogP contribution in [-0.4, -0.2) is 12.6 Å². The van der Waals surface area contributed by atoms with Gasteiger partial charge in [0.05, 0.1) is 12.5 Å². The lowest BCUT2D eigenvalue weighted by Gasteiger charge is -2.16. The first-order valence-electron chi connectivity index (χ1n) is 6.56. The van der Waals surface area contributed by atoms with E-state index in [2.05, 4.69) is 0 Å². The highest BCUT2D eigenvalue weighted by atomic mass is 16.5. The van der Waals surface area contributed by atoms with Crippen molar-refractivity contribution in [2.24, 2.45) is 0 Å². The second-order valence-corrected chi connectivity index (χ2v) is 4.41. The van der Waals surface area contributed by atoms with Crippen LogP contribution in [-0.2, 0) is 16.0 Å². The maximum Gasteiger partial charge on any atom is 0.313 e. The van der Waals surface area contributed by atoms with Crippen molar-refractivity contribution < 1.29 is 9.53 Å². The van der Waals surface area contributed by atoms with Crippen LogP contribution in [0, 0.1) is 0 Å². The second kappa shape index (κ2) is 6.74. The van der Waals surface area contributed by atoms with Crippen LogP contribution in [0.5, 0.6) is 0 Å². The third kappa shape index (κ3) is 3.68. The molecule has 0 aliphatic rings. The molecule has 0 spiro atoms. The number of carbonyl (C=O) groups is 1. The summed E-state index contributed by atoms with van der Waals surface area (Å²) in [6, 6.07) is 19.8. The predicted octanol–water partition coefficient (Wildman–Crippen LogP) is 3.58. The monoisotopic (exact) mass is 254 g/mol. The molecular weight excluding hydrogens is 236 g/mol. The zero-order valence-electron chi connectivity index (χ0n) is 11.1. The van der Waals surface area contributed by atoms with E-state index in [-0.39, 0.29) is 11.9 Å². The zero-order chi connectivity index (χ0) is 13.5. The van der Waals surface area contributed by atoms with Crippen LogP contribution in [0.4, 0.5) is 0 Å². The number of hydrogen-bond acceptors (Lipinski definition) is 2. The standard InChI is InChI=1S/C17H18O2/c1-2-19-17(18)16(15-11-7-4-8-12-15)13-14-9-5-3-6-10-14/h3-12,16H,2,13H2,1H3/t16-/m1/s1. The van der Waals surface area contributed by atoms with Crippen molar-refractivity contribution in [3.63, 3.8) is 0 Å². The van der Waals surface area contributed by atoms with Crippen molar-refractivity contribution in [1.82, 2.24) is 0 Å². The highest BCUT2D eigenvalue weighted by Gasteiger charge is 2.21. The Balaban J connectivity index is 2.22. The van der Waals surface area contributed by atoms with Crippen LogP contribution < -0.4 is 0 Å². The maximum absolute atomic E-state index is 12.1. The van der Waals surface area contributed by atoms with Gasteiger partial charge >= 0.3 is 5.97 Å². The Morgan fingerprint density at radius 3 is 2.16 bits per heavy atom. The highest BCUT2D eigenvalue weighted by molar-refractivity contribution is 5.78. The molecule has 0 saturated carbocycles. The van der Waals surface area contributed by atoms with Crippen molar-refractivity contribution in [3.8, 4) is 0 Å². The number of rotatable bonds is 5. The van der Waals surface area contributed by atoms with Crippen molar-refractivity contribution in [2.75, 3.05) is 6.61 Å². The largest absolute Gasteiger partial charge is 0.466 e. The molecule has 2 nitrogen and oxygen atoms in total. The fourth-order valence-electron chi connectivity index (χ4n) is 2.12. The van der Waals surface area contributed by atoms with Gasteiger partial charge < -0.3 is 4.74 Å². The van der Waals surface area contributed by atoms with E-state index in [0.29, 0.717) is 13.0 Å². The summed E-state index contributed by atoms with van der Waals surface area (Å²) in [5.41, 5.74) is 2.15. The summed E-state index contributed by atoms with van der Waals surface area (Å²) >= 11 is 0. The van der Waals surface area contributed by atoms with Gasteiger partial charge in [-0.05, 0) is 24.5 Å². The average molecular weight is 254 g/mol. The van der Waals surface area contributed by atoms with Gasteiger partial charge in [0.1, 0.15) is 0 Å². The molecule has 0 saturated heterocycles. The summed E-state index contributed by atoms with van der Waals surface area (Å²) in [6.07, 6.45) is 0.670. The summed E-state index contributed by atoms with van der Waals surface area (Å²) in [5, 5.41) is 0. The Kier molecular flexibility index (Phi) is 4.73. The second-order valence-electron chi connectivity index (χ2n) is 4.41. The lowest BCUT2D eigenvalue weighted by atomic mass is 9.92. The molecule has 98 valence electrons. The molecule has 0 fully saturated rings. The molecule has 0 aliphatic carbocycles. The summed E-state index contributed by atoms with van der Waals surface area (Å²) < 4.78 is 5.19. The number of benzene rings is 2. The third-order valence-corrected chi connectivity index (χ3v) is 3.06. The number of hydrogen-bond donors (Lipinski definition) is 0. The van der Waals surface area contributed by atoms with E-state index in [1.54, 1.807) is 0 Å². The molecule has 0 amide bonds. The molecule has 2 rings (SSSR count). The van der Waals surface area contributed by atoms with Gasteiger partial charge in [0.2, 0.25) is 0 Å². The van der Waals surface area contributed by atoms with E-state index in [1.807, 2.05) is 67.6 Å². The van der Waals surface area contributed by atoms with Crippen molar-refractivity contribution in [3.05, 3.63) is 71.8 Å². The topological polar surface area (TPSA) is 26.3 Å². The van der Waals surface area contributed by atoms with Crippen molar-refractivity contribution in [2.45, 2.75) is 19.3 Å². The molecule has 1 atom stereocenters. The van der Waals surface area contributed by atoms with Gasteiger partial charge in [0.15, 0.2) is 0 Å². The molecule has 0 N–H and O–H groups in total. The molecule has 0 bridgehead atoms. The first kappa shape index (κ1) is 13.3. The molecule has 0 heterocycles. The number of esters is 1. The van der Waals surface area contributed by atoms with E-state index in [4.69, 9.17) is 4.74 Å². The summed E-state index contributed by atoms with van der Waals surface area (Å²) in [5.74, 6) is -0.388. The van der Waals surface area contributed by atoms with E-state index >= 15 is 0 Å². The molecule has 0 aliphatic heterocycles. The van der Waals surface area contributed by atoms with Gasteiger partial charge in [-0.25, -0.2) is 0 Å². The molecule has 2 aromatic carbocycles. The average Bonchev–Trinajstić information content (AvgIpc) is 2.47. The number of ether oxygens (including phenoxy) is 1. The highest BCUT2D eigenvalue weighted by Crippen LogP contribution is 2.22. The Morgan fingerprint density at radius 2 is 1.58 bits per heavy atom. The van der Waals surface area contributed by atoms with Crippen LogP contribution in [0.3, 0.4) is 0 Å². The summed E-state index contributed by atoms with van der Waals surface area (Å²) in [7, 11) is 0. The minimum atomic E-state index is -0.233. The van der Waals surface area contributed by atoms with Gasteiger partial charge in [0, 0.05) is 0 Å². The van der Waals surface area contributed by atoms with Crippen LogP contribution in [0.1, 0.15) is 24.0 Å². The Hall–Kier alpha value is -2.09. The fraction of sp³-hybridized carbons (Fsp3) is 0.235. The van der Waals surface area contributed by atoms with Gasteiger partial charge in [-0.3, -0.25) is 4.79 Å². The Labute approximate surface area is 114 Å². The number of carbonyl (C=O) groups excluding carboxylic acids is 1. The normalized spacial score (nSPS) is 11.8. The van der Waals surface area contributed by atoms with Crippen LogP contribution in [0.2, 0.25) is 0 Å². The predicted molar refractivity (Wildman–Crippen MR) is 76.0 cm³/mol. The summed E-state index contributed by atoms with van der Waals surface area (Å²) in [6.45, 7) is 2.25. The molecule has 0 unspecified atom stereocenters. The zero-order valence-corrected chi connectivity index (χ0v) is 11.1. The van der Waals surface area contributed by atoms with Crippen LogP contribution >= 0.6 is 0 Å². The van der Waals surface area contributed by atoms with E-state index in [0.717, 1.165) is 11.1 Å². The molecule has 2 aromatic rings. The fourth-order valence-corrected chi connectivity index (χ4v) is 2.12. The maximum atomic E-state index is 12.1. The van der Waals surface area contributed by atoms with Crippen molar-refractivity contribution >= 4 is 5.97 Å². The smallest absolute Gasteiger partial charge is 0.313 e. The third-order valence-electron chi connectivity index (χ3n) is 3.06. The SMILES string of the molecule is CCOC(=O)[C@H](Cc1ccccc1)c1ccccc1. The van der Waals surface area contributed by atoms with E-state index < -0.39 is 0 Å². The minimum Gasteiger partial charge on any atom is -0.466 e. The Bertz CT molecular complexity index is 505. The molecule has 2 heteroatoms. The molecule has 19 heavy (non-hydrogen) atoms. The first-order valence-corrected chi connectivity index (χ1v) is 6.56. The lowest BCUT2D eigenvalue weighted by Crippen LogP contribution is -2.18. The molecule has 0 radical (unpaired) electrons. The van der Waals surface area contributed by atoms with Gasteiger partial charge in [-0.15, -0.1) is 0 Å². The van der Waals surface area contributed by atoms with Gasteiger partial charge in [-0.1, -0.05) is 60.7 Å². The quantitative estimate of drug-likeness (QED) is 0.762. The lowest BCUT2D eigenvalue weighted by molar-refractivity contribution is -0.144. The summed E-state index contributed by atoms with van der Waals surface area (Å²) in [4.78, 5) is 12.1. The van der Waals surface area contributed by atoms with E-state index in [9.17, 15) is 4.79 Å². The van der Waals surface area contributed by atoms with E-state index in [1.165, 1.54) is 0 Å². The van der Waals surface area contributed by atoms with Crippen molar-refractivity contribution in [1.29, 1.82) is 0 Å².